The minimum atomic E-state index is -0.962. The number of hydrogen-bond acceptors (Lipinski definition) is 4. The van der Waals surface area contributed by atoms with Crippen molar-refractivity contribution in [3.8, 4) is 6.07 Å². The maximum atomic E-state index is 13.5. The number of carbonyl (C=O) groups is 1. The number of nitriles is 1. The molecule has 0 aromatic heterocycles. The van der Waals surface area contributed by atoms with E-state index in [-0.39, 0.29) is 17.9 Å². The molecule has 2 atom stereocenters. The Morgan fingerprint density at radius 3 is 2.63 bits per heavy atom. The Morgan fingerprint density at radius 2 is 2.03 bits per heavy atom. The first-order chi connectivity index (χ1) is 14.1. The van der Waals surface area contributed by atoms with Gasteiger partial charge >= 0.3 is 0 Å². The molecular formula is C25H32N2O3. The standard InChI is InChI=1S/C25H32N2O3/c1-17-10-11-20(19(3)30-18(2)14-24(4,5)29)15-27(17)23(28)21-8-6-7-9-22(21)25(16-26)12-13-25/h6-9,14,17,20,29H,3,10-13,15H2,1-2,4-5H3/b18-14+/t17-,20?/m1/s1. The van der Waals surface area contributed by atoms with Crippen molar-refractivity contribution in [1.82, 2.24) is 4.90 Å². The number of allylic oxidation sites excluding steroid dienone is 1. The van der Waals surface area contributed by atoms with Gasteiger partial charge in [0.05, 0.1) is 22.8 Å². The Balaban J connectivity index is 1.77. The van der Waals surface area contributed by atoms with Gasteiger partial charge in [-0.05, 0) is 71.1 Å². The number of piperidine rings is 1. The Labute approximate surface area is 179 Å². The number of hydrogen-bond donors (Lipinski definition) is 1. The molecule has 3 rings (SSSR count). The third-order valence-electron chi connectivity index (χ3n) is 6.08. The quantitative estimate of drug-likeness (QED) is 0.693. The zero-order valence-electron chi connectivity index (χ0n) is 18.4. The summed E-state index contributed by atoms with van der Waals surface area (Å²) in [5, 5.41) is 19.6. The number of benzene rings is 1. The third kappa shape index (κ3) is 4.76. The fraction of sp³-hybridized carbons (Fsp3) is 0.520. The van der Waals surface area contributed by atoms with Gasteiger partial charge in [0.25, 0.3) is 5.91 Å². The van der Waals surface area contributed by atoms with Crippen LogP contribution in [0.15, 0.2) is 48.4 Å². The highest BCUT2D eigenvalue weighted by Gasteiger charge is 2.47. The average Bonchev–Trinajstić information content (AvgIpc) is 3.47. The van der Waals surface area contributed by atoms with E-state index in [1.54, 1.807) is 26.8 Å². The lowest BCUT2D eigenvalue weighted by Crippen LogP contribution is -2.46. The fourth-order valence-electron chi connectivity index (χ4n) is 4.28. The zero-order chi connectivity index (χ0) is 22.1. The van der Waals surface area contributed by atoms with Crippen molar-refractivity contribution in [2.24, 2.45) is 5.92 Å². The molecule has 2 aliphatic rings. The molecule has 160 valence electrons. The molecule has 1 aliphatic heterocycles. The van der Waals surface area contributed by atoms with Gasteiger partial charge in [-0.1, -0.05) is 24.8 Å². The molecule has 1 unspecified atom stereocenters. The third-order valence-corrected chi connectivity index (χ3v) is 6.08. The van der Waals surface area contributed by atoms with Gasteiger partial charge in [-0.3, -0.25) is 4.79 Å². The molecule has 1 aromatic rings. The van der Waals surface area contributed by atoms with Crippen LogP contribution in [0.3, 0.4) is 0 Å². The highest BCUT2D eigenvalue weighted by atomic mass is 16.5. The lowest BCUT2D eigenvalue weighted by atomic mass is 9.89. The van der Waals surface area contributed by atoms with E-state index in [0.717, 1.165) is 31.2 Å². The van der Waals surface area contributed by atoms with Crippen molar-refractivity contribution >= 4 is 5.91 Å². The molecule has 5 heteroatoms. The fourth-order valence-corrected chi connectivity index (χ4v) is 4.28. The maximum absolute atomic E-state index is 13.5. The van der Waals surface area contributed by atoms with E-state index >= 15 is 0 Å². The number of ether oxygens (including phenoxy) is 1. The predicted molar refractivity (Wildman–Crippen MR) is 116 cm³/mol. The summed E-state index contributed by atoms with van der Waals surface area (Å²) in [5.74, 6) is 1.20. The van der Waals surface area contributed by atoms with Crippen LogP contribution in [-0.4, -0.2) is 34.1 Å². The van der Waals surface area contributed by atoms with E-state index in [1.165, 1.54) is 0 Å². The maximum Gasteiger partial charge on any atom is 0.254 e. The highest BCUT2D eigenvalue weighted by Crippen LogP contribution is 2.49. The first-order valence-corrected chi connectivity index (χ1v) is 10.7. The van der Waals surface area contributed by atoms with E-state index in [2.05, 4.69) is 19.6 Å². The van der Waals surface area contributed by atoms with Gasteiger partial charge in [-0.15, -0.1) is 0 Å². The van der Waals surface area contributed by atoms with Gasteiger partial charge in [0, 0.05) is 24.1 Å². The van der Waals surface area contributed by atoms with Crippen LogP contribution in [0.25, 0.3) is 0 Å². The lowest BCUT2D eigenvalue weighted by molar-refractivity contribution is 0.0542. The zero-order valence-corrected chi connectivity index (χ0v) is 18.4. The van der Waals surface area contributed by atoms with E-state index < -0.39 is 11.0 Å². The molecule has 0 radical (unpaired) electrons. The molecule has 0 spiro atoms. The van der Waals surface area contributed by atoms with E-state index in [0.29, 0.717) is 23.6 Å². The van der Waals surface area contributed by atoms with Crippen LogP contribution in [-0.2, 0) is 10.2 Å². The SMILES string of the molecule is C=C(O/C(C)=C/C(C)(C)O)C1CC[C@@H](C)N(C(=O)c2ccccc2C2(C#N)CC2)C1. The Morgan fingerprint density at radius 1 is 1.37 bits per heavy atom. The first-order valence-electron chi connectivity index (χ1n) is 10.7. The Hall–Kier alpha value is -2.58. The molecule has 1 saturated carbocycles. The second-order valence-corrected chi connectivity index (χ2v) is 9.30. The molecule has 5 nitrogen and oxygen atoms in total. The van der Waals surface area contributed by atoms with Crippen LogP contribution in [0.4, 0.5) is 0 Å². The molecule has 1 heterocycles. The number of rotatable bonds is 6. The van der Waals surface area contributed by atoms with Crippen LogP contribution in [0.2, 0.25) is 0 Å². The normalized spacial score (nSPS) is 23.5. The molecule has 1 amide bonds. The largest absolute Gasteiger partial charge is 0.467 e. The summed E-state index contributed by atoms with van der Waals surface area (Å²) in [6.45, 7) is 11.9. The Kier molecular flexibility index (Phi) is 6.10. The smallest absolute Gasteiger partial charge is 0.254 e. The number of nitrogens with zero attached hydrogens (tertiary/aromatic N) is 2. The highest BCUT2D eigenvalue weighted by molar-refractivity contribution is 5.96. The minimum absolute atomic E-state index is 0.0216. The predicted octanol–water partition coefficient (Wildman–Crippen LogP) is 4.69. The van der Waals surface area contributed by atoms with Crippen molar-refractivity contribution in [1.29, 1.82) is 5.26 Å². The summed E-state index contributed by atoms with van der Waals surface area (Å²) in [7, 11) is 0. The van der Waals surface area contributed by atoms with E-state index in [4.69, 9.17) is 4.74 Å². The van der Waals surface area contributed by atoms with Crippen molar-refractivity contribution in [2.45, 2.75) is 70.4 Å². The monoisotopic (exact) mass is 408 g/mol. The van der Waals surface area contributed by atoms with Crippen LogP contribution in [0, 0.1) is 17.2 Å². The molecular weight excluding hydrogens is 376 g/mol. The number of aliphatic hydroxyl groups is 1. The number of carbonyl (C=O) groups excluding carboxylic acids is 1. The van der Waals surface area contributed by atoms with Crippen molar-refractivity contribution < 1.29 is 14.6 Å². The lowest BCUT2D eigenvalue weighted by Gasteiger charge is -2.39. The van der Waals surface area contributed by atoms with Crippen molar-refractivity contribution in [3.63, 3.8) is 0 Å². The summed E-state index contributed by atoms with van der Waals surface area (Å²) >= 11 is 0. The average molecular weight is 409 g/mol. The second-order valence-electron chi connectivity index (χ2n) is 9.30. The minimum Gasteiger partial charge on any atom is -0.467 e. The van der Waals surface area contributed by atoms with Crippen molar-refractivity contribution in [3.05, 3.63) is 59.6 Å². The van der Waals surface area contributed by atoms with Crippen molar-refractivity contribution in [2.75, 3.05) is 6.54 Å². The van der Waals surface area contributed by atoms with Gasteiger partial charge in [-0.2, -0.15) is 5.26 Å². The van der Waals surface area contributed by atoms with Gasteiger partial charge in [-0.25, -0.2) is 0 Å². The topological polar surface area (TPSA) is 73.6 Å². The van der Waals surface area contributed by atoms with Gasteiger partial charge in [0.1, 0.15) is 5.76 Å². The second kappa shape index (κ2) is 8.28. The summed E-state index contributed by atoms with van der Waals surface area (Å²) in [4.78, 5) is 15.4. The summed E-state index contributed by atoms with van der Waals surface area (Å²) in [5.41, 5.74) is 0.0205. The molecule has 2 fully saturated rings. The van der Waals surface area contributed by atoms with Gasteiger partial charge in [0.15, 0.2) is 0 Å². The molecule has 1 saturated heterocycles. The number of likely N-dealkylation sites (tertiary alicyclic amines) is 1. The summed E-state index contributed by atoms with van der Waals surface area (Å²) < 4.78 is 5.87. The molecule has 1 aliphatic carbocycles. The molecule has 1 N–H and O–H groups in total. The molecule has 30 heavy (non-hydrogen) atoms. The Bertz CT molecular complexity index is 900. The molecule has 0 bridgehead atoms. The van der Waals surface area contributed by atoms with Crippen LogP contribution < -0.4 is 0 Å². The van der Waals surface area contributed by atoms with Crippen LogP contribution in [0.1, 0.15) is 69.3 Å². The van der Waals surface area contributed by atoms with Crippen LogP contribution >= 0.6 is 0 Å². The first kappa shape index (κ1) is 22.1. The molecule has 1 aromatic carbocycles. The summed E-state index contributed by atoms with van der Waals surface area (Å²) in [6.07, 6.45) is 5.02. The van der Waals surface area contributed by atoms with Crippen LogP contribution in [0.5, 0.6) is 0 Å². The van der Waals surface area contributed by atoms with Gasteiger partial charge in [0.2, 0.25) is 0 Å². The van der Waals surface area contributed by atoms with E-state index in [1.807, 2.05) is 29.2 Å². The number of amides is 1. The van der Waals surface area contributed by atoms with Gasteiger partial charge < -0.3 is 14.7 Å². The van der Waals surface area contributed by atoms with E-state index in [9.17, 15) is 15.2 Å². The summed E-state index contributed by atoms with van der Waals surface area (Å²) in [6, 6.07) is 10.1.